The molecule has 1 aromatic rings. The molecular formula is C17H26O3. The number of hydrogen-bond acceptors (Lipinski definition) is 3. The van der Waals surface area contributed by atoms with Gasteiger partial charge in [-0.15, -0.1) is 0 Å². The molecule has 0 aliphatic carbocycles. The molecule has 0 saturated carbocycles. The van der Waals surface area contributed by atoms with Crippen LogP contribution in [-0.2, 0) is 4.74 Å². The van der Waals surface area contributed by atoms with Gasteiger partial charge in [0.05, 0.1) is 12.2 Å². The number of hydrogen-bond donors (Lipinski definition) is 1. The van der Waals surface area contributed by atoms with Gasteiger partial charge in [-0.25, -0.2) is 4.79 Å². The van der Waals surface area contributed by atoms with E-state index < -0.39 is 0 Å². The van der Waals surface area contributed by atoms with Crippen LogP contribution in [0.1, 0.15) is 63.2 Å². The second-order valence-corrected chi connectivity index (χ2v) is 5.70. The van der Waals surface area contributed by atoms with Gasteiger partial charge in [-0.2, -0.15) is 0 Å². The highest BCUT2D eigenvalue weighted by Gasteiger charge is 2.20. The fourth-order valence-electron chi connectivity index (χ4n) is 2.43. The van der Waals surface area contributed by atoms with Gasteiger partial charge in [0, 0.05) is 0 Å². The maximum atomic E-state index is 11.8. The van der Waals surface area contributed by atoms with Crippen molar-refractivity contribution < 1.29 is 14.6 Å². The molecule has 1 unspecified atom stereocenters. The van der Waals surface area contributed by atoms with Crippen LogP contribution in [0, 0.1) is 5.41 Å². The van der Waals surface area contributed by atoms with E-state index in [9.17, 15) is 4.79 Å². The highest BCUT2D eigenvalue weighted by atomic mass is 16.5. The van der Waals surface area contributed by atoms with Crippen LogP contribution in [0.3, 0.4) is 0 Å². The van der Waals surface area contributed by atoms with Crippen LogP contribution in [0.4, 0.5) is 0 Å². The monoisotopic (exact) mass is 278 g/mol. The van der Waals surface area contributed by atoms with Gasteiger partial charge < -0.3 is 9.84 Å². The number of carbonyl (C=O) groups excluding carboxylic acids is 1. The molecule has 0 fully saturated rings. The quantitative estimate of drug-likeness (QED) is 0.560. The molecule has 0 aromatic heterocycles. The van der Waals surface area contributed by atoms with Crippen LogP contribution >= 0.6 is 0 Å². The number of ether oxygens (including phenoxy) is 1. The Morgan fingerprint density at radius 2 is 1.85 bits per heavy atom. The smallest absolute Gasteiger partial charge is 0.338 e. The summed E-state index contributed by atoms with van der Waals surface area (Å²) in [5.41, 5.74) is 0.842. The van der Waals surface area contributed by atoms with Crippen molar-refractivity contribution in [2.24, 2.45) is 5.41 Å². The standard InChI is InChI=1S/C17H26O3/c1-4-11-17(3,5-2)12-6-13-20-16(19)14-7-9-15(18)10-8-14/h7-10,18H,4-6,11-13H2,1-3H3. The summed E-state index contributed by atoms with van der Waals surface area (Å²) in [4.78, 5) is 11.8. The maximum absolute atomic E-state index is 11.8. The molecule has 0 radical (unpaired) electrons. The first-order valence-corrected chi connectivity index (χ1v) is 7.47. The summed E-state index contributed by atoms with van der Waals surface area (Å²) >= 11 is 0. The predicted octanol–water partition coefficient (Wildman–Crippen LogP) is 4.55. The molecule has 0 bridgehead atoms. The number of benzene rings is 1. The van der Waals surface area contributed by atoms with Gasteiger partial charge in [0.2, 0.25) is 0 Å². The Bertz CT molecular complexity index is 411. The molecule has 0 aliphatic heterocycles. The van der Waals surface area contributed by atoms with Crippen LogP contribution in [0.5, 0.6) is 5.75 Å². The van der Waals surface area contributed by atoms with Crippen LogP contribution in [0.15, 0.2) is 24.3 Å². The van der Waals surface area contributed by atoms with E-state index in [1.54, 1.807) is 12.1 Å². The molecule has 0 heterocycles. The third-order valence-electron chi connectivity index (χ3n) is 3.97. The average Bonchev–Trinajstić information content (AvgIpc) is 2.44. The van der Waals surface area contributed by atoms with Crippen LogP contribution in [-0.4, -0.2) is 17.7 Å². The molecule has 3 nitrogen and oxygen atoms in total. The number of esters is 1. The van der Waals surface area contributed by atoms with Gasteiger partial charge in [0.15, 0.2) is 0 Å². The third-order valence-corrected chi connectivity index (χ3v) is 3.97. The lowest BCUT2D eigenvalue weighted by atomic mass is 9.79. The Morgan fingerprint density at radius 1 is 1.20 bits per heavy atom. The second-order valence-electron chi connectivity index (χ2n) is 5.70. The Morgan fingerprint density at radius 3 is 2.40 bits per heavy atom. The molecule has 3 heteroatoms. The normalized spacial score (nSPS) is 13.8. The molecule has 1 atom stereocenters. The summed E-state index contributed by atoms with van der Waals surface area (Å²) in [7, 11) is 0. The Labute approximate surface area is 122 Å². The van der Waals surface area contributed by atoms with Crippen molar-refractivity contribution in [2.45, 2.75) is 52.9 Å². The van der Waals surface area contributed by atoms with Gasteiger partial charge in [0.25, 0.3) is 0 Å². The fourth-order valence-corrected chi connectivity index (χ4v) is 2.43. The molecule has 112 valence electrons. The van der Waals surface area contributed by atoms with Crippen molar-refractivity contribution >= 4 is 5.97 Å². The number of carbonyl (C=O) groups is 1. The first-order valence-electron chi connectivity index (χ1n) is 7.47. The highest BCUT2D eigenvalue weighted by molar-refractivity contribution is 5.89. The number of aromatic hydroxyl groups is 1. The summed E-state index contributed by atoms with van der Waals surface area (Å²) in [6.07, 6.45) is 5.55. The van der Waals surface area contributed by atoms with Crippen LogP contribution in [0.25, 0.3) is 0 Å². The van der Waals surface area contributed by atoms with E-state index in [1.807, 2.05) is 0 Å². The van der Waals surface area contributed by atoms with Gasteiger partial charge in [0.1, 0.15) is 5.75 Å². The summed E-state index contributed by atoms with van der Waals surface area (Å²) in [5, 5.41) is 9.17. The van der Waals surface area contributed by atoms with Crippen molar-refractivity contribution in [1.29, 1.82) is 0 Å². The predicted molar refractivity (Wildman–Crippen MR) is 80.9 cm³/mol. The first-order chi connectivity index (χ1) is 9.50. The molecule has 0 saturated heterocycles. The molecule has 1 aromatic carbocycles. The first kappa shape index (κ1) is 16.5. The number of rotatable bonds is 8. The second kappa shape index (κ2) is 7.93. The maximum Gasteiger partial charge on any atom is 0.338 e. The zero-order valence-electron chi connectivity index (χ0n) is 12.8. The van der Waals surface area contributed by atoms with Crippen molar-refractivity contribution in [3.05, 3.63) is 29.8 Å². The molecule has 20 heavy (non-hydrogen) atoms. The highest BCUT2D eigenvalue weighted by Crippen LogP contribution is 2.32. The van der Waals surface area contributed by atoms with E-state index in [0.29, 0.717) is 17.6 Å². The van der Waals surface area contributed by atoms with Crippen LogP contribution in [0.2, 0.25) is 0 Å². The summed E-state index contributed by atoms with van der Waals surface area (Å²) < 4.78 is 5.27. The van der Waals surface area contributed by atoms with E-state index in [2.05, 4.69) is 20.8 Å². The zero-order chi connectivity index (χ0) is 15.0. The number of phenols is 1. The molecule has 0 aliphatic rings. The van der Waals surface area contributed by atoms with Gasteiger partial charge in [-0.1, -0.05) is 33.6 Å². The van der Waals surface area contributed by atoms with E-state index in [1.165, 1.54) is 25.0 Å². The molecule has 1 rings (SSSR count). The Hall–Kier alpha value is -1.51. The third kappa shape index (κ3) is 5.24. The van der Waals surface area contributed by atoms with E-state index in [-0.39, 0.29) is 11.7 Å². The minimum Gasteiger partial charge on any atom is -0.508 e. The summed E-state index contributed by atoms with van der Waals surface area (Å²) in [6, 6.07) is 6.13. The van der Waals surface area contributed by atoms with Crippen molar-refractivity contribution in [3.63, 3.8) is 0 Å². The molecule has 0 spiro atoms. The van der Waals surface area contributed by atoms with Gasteiger partial charge >= 0.3 is 5.97 Å². The van der Waals surface area contributed by atoms with Crippen molar-refractivity contribution in [3.8, 4) is 5.75 Å². The van der Waals surface area contributed by atoms with Crippen molar-refractivity contribution in [1.82, 2.24) is 0 Å². The minimum absolute atomic E-state index is 0.153. The average molecular weight is 278 g/mol. The summed E-state index contributed by atoms with van der Waals surface area (Å²) in [5.74, 6) is -0.168. The van der Waals surface area contributed by atoms with E-state index >= 15 is 0 Å². The van der Waals surface area contributed by atoms with E-state index in [4.69, 9.17) is 9.84 Å². The molecule has 0 amide bonds. The lowest BCUT2D eigenvalue weighted by Crippen LogP contribution is -2.16. The largest absolute Gasteiger partial charge is 0.508 e. The van der Waals surface area contributed by atoms with Crippen LogP contribution < -0.4 is 0 Å². The number of phenolic OH excluding ortho intramolecular Hbond substituents is 1. The fraction of sp³-hybridized carbons (Fsp3) is 0.588. The van der Waals surface area contributed by atoms with Gasteiger partial charge in [-0.3, -0.25) is 0 Å². The Kier molecular flexibility index (Phi) is 6.56. The topological polar surface area (TPSA) is 46.5 Å². The Balaban J connectivity index is 2.33. The minimum atomic E-state index is -0.321. The zero-order valence-corrected chi connectivity index (χ0v) is 12.8. The summed E-state index contributed by atoms with van der Waals surface area (Å²) in [6.45, 7) is 7.19. The molecular weight excluding hydrogens is 252 g/mol. The SMILES string of the molecule is CCCC(C)(CC)CCCOC(=O)c1ccc(O)cc1. The lowest BCUT2D eigenvalue weighted by Gasteiger charge is -2.27. The lowest BCUT2D eigenvalue weighted by molar-refractivity contribution is 0.0481. The molecule has 1 N–H and O–H groups in total. The van der Waals surface area contributed by atoms with Crippen molar-refractivity contribution in [2.75, 3.05) is 6.61 Å². The van der Waals surface area contributed by atoms with Gasteiger partial charge in [-0.05, 0) is 48.9 Å². The van der Waals surface area contributed by atoms with E-state index in [0.717, 1.165) is 19.3 Å².